The monoisotopic (exact) mass is 406 g/mol. The van der Waals surface area contributed by atoms with Crippen LogP contribution in [0.15, 0.2) is 60.4 Å². The fraction of sp³-hybridized carbons (Fsp3) is 0.320. The highest BCUT2D eigenvalue weighted by Crippen LogP contribution is 2.60. The topological polar surface area (TPSA) is 46.5 Å². The van der Waals surface area contributed by atoms with Crippen LogP contribution < -0.4 is 0 Å². The van der Waals surface area contributed by atoms with E-state index >= 15 is 0 Å². The average molecular weight is 407 g/mol. The van der Waals surface area contributed by atoms with Crippen LogP contribution in [0.2, 0.25) is 5.02 Å². The first kappa shape index (κ1) is 18.7. The van der Waals surface area contributed by atoms with E-state index in [4.69, 9.17) is 16.3 Å². The number of hydrogen-bond donors (Lipinski definition) is 1. The van der Waals surface area contributed by atoms with Crippen LogP contribution in [0.4, 0.5) is 0 Å². The van der Waals surface area contributed by atoms with Gasteiger partial charge in [-0.15, -0.1) is 0 Å². The summed E-state index contributed by atoms with van der Waals surface area (Å²) in [7, 11) is 0. The summed E-state index contributed by atoms with van der Waals surface area (Å²) >= 11 is 6.03. The predicted octanol–water partition coefficient (Wildman–Crippen LogP) is 5.77. The van der Waals surface area contributed by atoms with Crippen LogP contribution in [0.3, 0.4) is 0 Å². The molecule has 2 aromatic carbocycles. The molecule has 1 aliphatic carbocycles. The molecule has 4 atom stereocenters. The summed E-state index contributed by atoms with van der Waals surface area (Å²) in [5.74, 6) is -0.565. The molecule has 29 heavy (non-hydrogen) atoms. The van der Waals surface area contributed by atoms with Crippen LogP contribution in [-0.2, 0) is 16.0 Å². The minimum absolute atomic E-state index is 0.0222. The van der Waals surface area contributed by atoms with E-state index in [1.54, 1.807) is 0 Å². The second-order valence-corrected chi connectivity index (χ2v) is 9.05. The van der Waals surface area contributed by atoms with Crippen molar-refractivity contribution >= 4 is 23.0 Å². The number of aliphatic hydroxyl groups is 1. The van der Waals surface area contributed by atoms with Crippen molar-refractivity contribution in [1.82, 2.24) is 0 Å². The van der Waals surface area contributed by atoms with Crippen molar-refractivity contribution in [2.24, 2.45) is 11.8 Å². The van der Waals surface area contributed by atoms with Crippen LogP contribution in [0.5, 0.6) is 0 Å². The Hall–Kier alpha value is -2.36. The second-order valence-electron chi connectivity index (χ2n) is 8.62. The third-order valence-corrected chi connectivity index (χ3v) is 7.02. The van der Waals surface area contributed by atoms with Gasteiger partial charge in [0.1, 0.15) is 5.76 Å². The Balaban J connectivity index is 1.66. The van der Waals surface area contributed by atoms with Gasteiger partial charge in [-0.2, -0.15) is 0 Å². The Kier molecular flexibility index (Phi) is 3.90. The maximum atomic E-state index is 13.5. The van der Waals surface area contributed by atoms with Crippen LogP contribution >= 0.6 is 11.6 Å². The van der Waals surface area contributed by atoms with Gasteiger partial charge < -0.3 is 9.84 Å². The van der Waals surface area contributed by atoms with Crippen molar-refractivity contribution in [2.75, 3.05) is 0 Å². The van der Waals surface area contributed by atoms with Gasteiger partial charge in [-0.05, 0) is 60.7 Å². The third kappa shape index (κ3) is 2.50. The number of allylic oxidation sites excluding steroid dienone is 1. The molecule has 2 aliphatic heterocycles. The van der Waals surface area contributed by atoms with Gasteiger partial charge >= 0.3 is 0 Å². The number of carbonyl (C=O) groups is 1. The van der Waals surface area contributed by atoms with Crippen molar-refractivity contribution in [3.05, 3.63) is 76.5 Å². The summed E-state index contributed by atoms with van der Waals surface area (Å²) < 4.78 is 6.16. The van der Waals surface area contributed by atoms with Gasteiger partial charge in [0.15, 0.2) is 5.78 Å². The number of Topliss-reactive ketones (excluding diaryl/α,β-unsaturated/α-hetero) is 1. The van der Waals surface area contributed by atoms with Gasteiger partial charge in [-0.3, -0.25) is 4.79 Å². The molecule has 0 aromatic heterocycles. The molecular formula is C25H23ClO3. The fourth-order valence-electron chi connectivity index (χ4n) is 5.36. The van der Waals surface area contributed by atoms with Crippen molar-refractivity contribution in [3.63, 3.8) is 0 Å². The summed E-state index contributed by atoms with van der Waals surface area (Å²) in [5, 5.41) is 11.9. The summed E-state index contributed by atoms with van der Waals surface area (Å²) in [4.78, 5) is 13.5. The van der Waals surface area contributed by atoms with E-state index in [2.05, 4.69) is 13.0 Å². The number of ether oxygens (including phenoxy) is 1. The van der Waals surface area contributed by atoms with E-state index in [0.29, 0.717) is 10.6 Å². The molecular weight excluding hydrogens is 384 g/mol. The standard InChI is InChI=1S/C25H23ClO3/c1-4-14-5-6-16(15-7-9-17(26)10-8-15)13-18(14)19-22(27)20-21(23(19)28)25(3)12-11-24(20,2)29-25/h5-13,20-21,27H,4H2,1-3H3/t20-,21+,24-,25+/m1/s1. The van der Waals surface area contributed by atoms with Gasteiger partial charge in [0.05, 0.1) is 28.6 Å². The van der Waals surface area contributed by atoms with E-state index in [1.807, 2.05) is 62.4 Å². The molecule has 0 radical (unpaired) electrons. The summed E-state index contributed by atoms with van der Waals surface area (Å²) in [6.45, 7) is 5.96. The zero-order valence-corrected chi connectivity index (χ0v) is 17.5. The molecule has 1 fully saturated rings. The molecule has 1 saturated heterocycles. The first-order chi connectivity index (χ1) is 13.8. The molecule has 2 heterocycles. The molecule has 3 aliphatic rings. The minimum atomic E-state index is -0.660. The second kappa shape index (κ2) is 6.07. The molecule has 2 bridgehead atoms. The smallest absolute Gasteiger partial charge is 0.174 e. The third-order valence-electron chi connectivity index (χ3n) is 6.77. The number of ketones is 1. The molecule has 5 rings (SSSR count). The first-order valence-corrected chi connectivity index (χ1v) is 10.4. The van der Waals surface area contributed by atoms with E-state index in [1.165, 1.54) is 0 Å². The zero-order valence-electron chi connectivity index (χ0n) is 16.7. The highest BCUT2D eigenvalue weighted by molar-refractivity contribution is 6.30. The van der Waals surface area contributed by atoms with Gasteiger partial charge in [0, 0.05) is 5.02 Å². The van der Waals surface area contributed by atoms with Crippen LogP contribution in [-0.4, -0.2) is 22.1 Å². The van der Waals surface area contributed by atoms with Gasteiger partial charge in [-0.25, -0.2) is 0 Å². The number of rotatable bonds is 3. The molecule has 0 unspecified atom stereocenters. The lowest BCUT2D eigenvalue weighted by Gasteiger charge is -2.26. The Bertz CT molecular complexity index is 1100. The number of aliphatic hydroxyl groups excluding tert-OH is 1. The van der Waals surface area contributed by atoms with E-state index in [0.717, 1.165) is 28.7 Å². The Morgan fingerprint density at radius 1 is 1.00 bits per heavy atom. The molecule has 148 valence electrons. The number of aryl methyl sites for hydroxylation is 1. The molecule has 1 N–H and O–H groups in total. The maximum Gasteiger partial charge on any atom is 0.174 e. The normalized spacial score (nSPS) is 32.3. The Morgan fingerprint density at radius 2 is 1.62 bits per heavy atom. The van der Waals surface area contributed by atoms with Crippen LogP contribution in [0, 0.1) is 11.8 Å². The molecule has 0 spiro atoms. The summed E-state index contributed by atoms with van der Waals surface area (Å²) in [5.41, 5.74) is 3.05. The zero-order chi connectivity index (χ0) is 20.6. The lowest BCUT2D eigenvalue weighted by atomic mass is 9.72. The lowest BCUT2D eigenvalue weighted by molar-refractivity contribution is -0.120. The number of benzene rings is 2. The molecule has 3 nitrogen and oxygen atoms in total. The molecule has 2 aromatic rings. The molecule has 0 saturated carbocycles. The number of hydrogen-bond acceptors (Lipinski definition) is 3. The highest BCUT2D eigenvalue weighted by Gasteiger charge is 2.67. The molecule has 4 heteroatoms. The SMILES string of the molecule is CCc1ccc(-c2ccc(Cl)cc2)cc1C1=C(O)[C@H]2[C@@H](C1=O)[C@]1(C)C=C[C@@]2(C)O1. The highest BCUT2D eigenvalue weighted by atomic mass is 35.5. The van der Waals surface area contributed by atoms with Crippen molar-refractivity contribution in [3.8, 4) is 11.1 Å². The summed E-state index contributed by atoms with van der Waals surface area (Å²) in [6.07, 6.45) is 4.75. The van der Waals surface area contributed by atoms with Crippen molar-refractivity contribution < 1.29 is 14.6 Å². The van der Waals surface area contributed by atoms with E-state index in [9.17, 15) is 9.90 Å². The van der Waals surface area contributed by atoms with Gasteiger partial charge in [0.2, 0.25) is 0 Å². The quantitative estimate of drug-likeness (QED) is 0.658. The van der Waals surface area contributed by atoms with E-state index < -0.39 is 11.2 Å². The first-order valence-electron chi connectivity index (χ1n) is 10.0. The lowest BCUT2D eigenvalue weighted by Crippen LogP contribution is -2.36. The average Bonchev–Trinajstić information content (AvgIpc) is 3.25. The molecule has 0 amide bonds. The van der Waals surface area contributed by atoms with Crippen molar-refractivity contribution in [2.45, 2.75) is 38.4 Å². The number of halogens is 1. The van der Waals surface area contributed by atoms with Gasteiger partial charge in [0.25, 0.3) is 0 Å². The fourth-order valence-corrected chi connectivity index (χ4v) is 5.48. The van der Waals surface area contributed by atoms with Crippen LogP contribution in [0.1, 0.15) is 31.9 Å². The van der Waals surface area contributed by atoms with E-state index in [-0.39, 0.29) is 23.4 Å². The van der Waals surface area contributed by atoms with Crippen molar-refractivity contribution in [1.29, 1.82) is 0 Å². The Labute approximate surface area is 175 Å². The summed E-state index contributed by atoms with van der Waals surface area (Å²) in [6, 6.07) is 13.8. The Morgan fingerprint density at radius 3 is 2.24 bits per heavy atom. The maximum absolute atomic E-state index is 13.5. The minimum Gasteiger partial charge on any atom is -0.511 e. The number of fused-ring (bicyclic) bond motifs is 5. The predicted molar refractivity (Wildman–Crippen MR) is 115 cm³/mol. The van der Waals surface area contributed by atoms with Gasteiger partial charge in [-0.1, -0.05) is 54.9 Å². The largest absolute Gasteiger partial charge is 0.511 e. The van der Waals surface area contributed by atoms with Crippen LogP contribution in [0.25, 0.3) is 16.7 Å². The number of carbonyl (C=O) groups excluding carboxylic acids is 1.